The normalized spacial score (nSPS) is 16.3. The number of carbonyl (C=O) groups excluding carboxylic acids is 2. The fraction of sp³-hybridized carbons (Fsp3) is 0.318. The van der Waals surface area contributed by atoms with Crippen LogP contribution in [0.25, 0.3) is 17.4 Å². The van der Waals surface area contributed by atoms with Crippen LogP contribution in [-0.2, 0) is 14.3 Å². The molecule has 7 heteroatoms. The molecule has 150 valence electrons. The maximum atomic E-state index is 12.2. The maximum Gasteiger partial charge on any atom is 0.338 e. The summed E-state index contributed by atoms with van der Waals surface area (Å²) in [6, 6.07) is 12.1. The van der Waals surface area contributed by atoms with Gasteiger partial charge in [0.25, 0.3) is 5.91 Å². The van der Waals surface area contributed by atoms with E-state index in [4.69, 9.17) is 13.9 Å². The summed E-state index contributed by atoms with van der Waals surface area (Å²) in [7, 11) is 0. The third-order valence-electron chi connectivity index (χ3n) is 4.47. The minimum absolute atomic E-state index is 0.00619. The van der Waals surface area contributed by atoms with Crippen molar-refractivity contribution in [2.24, 2.45) is 0 Å². The molecule has 3 rings (SSSR count). The van der Waals surface area contributed by atoms with Gasteiger partial charge in [0.15, 0.2) is 0 Å². The first-order chi connectivity index (χ1) is 14.1. The number of rotatable bonds is 7. The zero-order valence-corrected chi connectivity index (χ0v) is 16.1. The molecule has 0 bridgehead atoms. The Morgan fingerprint density at radius 3 is 2.72 bits per heavy atom. The molecule has 0 saturated carbocycles. The second kappa shape index (κ2) is 9.71. The second-order valence-electron chi connectivity index (χ2n) is 6.51. The van der Waals surface area contributed by atoms with E-state index in [0.29, 0.717) is 36.8 Å². The highest BCUT2D eigenvalue weighted by Crippen LogP contribution is 2.24. The summed E-state index contributed by atoms with van der Waals surface area (Å²) in [5.74, 6) is 0.108. The molecule has 1 amide bonds. The lowest BCUT2D eigenvalue weighted by atomic mass is 10.1. The summed E-state index contributed by atoms with van der Waals surface area (Å²) in [6.45, 7) is 3.16. The second-order valence-corrected chi connectivity index (χ2v) is 6.51. The number of amides is 1. The van der Waals surface area contributed by atoms with Crippen LogP contribution in [-0.4, -0.2) is 37.7 Å². The average Bonchev–Trinajstić information content (AvgIpc) is 3.42. The van der Waals surface area contributed by atoms with Crippen molar-refractivity contribution in [3.8, 4) is 17.4 Å². The lowest BCUT2D eigenvalue weighted by Crippen LogP contribution is -2.32. The third-order valence-corrected chi connectivity index (χ3v) is 4.47. The molecule has 0 spiro atoms. The number of hydrogen-bond acceptors (Lipinski definition) is 6. The van der Waals surface area contributed by atoms with Gasteiger partial charge in [0.2, 0.25) is 0 Å². The van der Waals surface area contributed by atoms with Gasteiger partial charge < -0.3 is 19.2 Å². The predicted octanol–water partition coefficient (Wildman–Crippen LogP) is 3.33. The standard InChI is InChI=1S/C22H22N2O5/c1-2-27-22(26)16-7-5-15(6-8-16)20-10-9-18(29-20)12-17(13-23)21(25)24-14-19-4-3-11-28-19/h5-10,12,19H,2-4,11,14H2,1H3,(H,24,25). The smallest absolute Gasteiger partial charge is 0.338 e. The molecule has 7 nitrogen and oxygen atoms in total. The van der Waals surface area contributed by atoms with Crippen molar-refractivity contribution >= 4 is 18.0 Å². The Morgan fingerprint density at radius 1 is 1.28 bits per heavy atom. The summed E-state index contributed by atoms with van der Waals surface area (Å²) in [4.78, 5) is 23.9. The summed E-state index contributed by atoms with van der Waals surface area (Å²) in [6.07, 6.45) is 3.30. The van der Waals surface area contributed by atoms with E-state index in [1.807, 2.05) is 6.07 Å². The van der Waals surface area contributed by atoms with Gasteiger partial charge in [0.05, 0.1) is 18.3 Å². The molecule has 1 saturated heterocycles. The molecule has 1 fully saturated rings. The number of nitrogens with zero attached hydrogens (tertiary/aromatic N) is 1. The molecule has 1 aliphatic rings. The summed E-state index contributed by atoms with van der Waals surface area (Å²) >= 11 is 0. The van der Waals surface area contributed by atoms with E-state index in [0.717, 1.165) is 18.4 Å². The molecule has 1 aliphatic heterocycles. The Bertz CT molecular complexity index is 931. The van der Waals surface area contributed by atoms with Crippen LogP contribution in [0.4, 0.5) is 0 Å². The van der Waals surface area contributed by atoms with Crippen molar-refractivity contribution in [2.75, 3.05) is 19.8 Å². The van der Waals surface area contributed by atoms with Crippen molar-refractivity contribution in [1.29, 1.82) is 5.26 Å². The van der Waals surface area contributed by atoms with E-state index in [-0.39, 0.29) is 17.6 Å². The monoisotopic (exact) mass is 394 g/mol. The van der Waals surface area contributed by atoms with Crippen molar-refractivity contribution in [1.82, 2.24) is 5.32 Å². The topological polar surface area (TPSA) is 102 Å². The lowest BCUT2D eigenvalue weighted by Gasteiger charge is -2.09. The number of benzene rings is 1. The Balaban J connectivity index is 1.66. The predicted molar refractivity (Wildman–Crippen MR) is 106 cm³/mol. The summed E-state index contributed by atoms with van der Waals surface area (Å²) in [5.41, 5.74) is 1.18. The lowest BCUT2D eigenvalue weighted by molar-refractivity contribution is -0.117. The van der Waals surface area contributed by atoms with E-state index in [1.54, 1.807) is 43.3 Å². The van der Waals surface area contributed by atoms with Crippen LogP contribution in [0.2, 0.25) is 0 Å². The number of nitriles is 1. The molecule has 29 heavy (non-hydrogen) atoms. The van der Waals surface area contributed by atoms with E-state index in [1.165, 1.54) is 6.08 Å². The van der Waals surface area contributed by atoms with Gasteiger partial charge in [0, 0.05) is 24.8 Å². The Morgan fingerprint density at radius 2 is 2.07 bits per heavy atom. The number of carbonyl (C=O) groups is 2. The zero-order chi connectivity index (χ0) is 20.6. The minimum Gasteiger partial charge on any atom is -0.462 e. The first kappa shape index (κ1) is 20.4. The van der Waals surface area contributed by atoms with Crippen molar-refractivity contribution in [2.45, 2.75) is 25.9 Å². The van der Waals surface area contributed by atoms with Crippen LogP contribution in [0.15, 0.2) is 46.4 Å². The van der Waals surface area contributed by atoms with Crippen LogP contribution >= 0.6 is 0 Å². The van der Waals surface area contributed by atoms with Crippen LogP contribution < -0.4 is 5.32 Å². The van der Waals surface area contributed by atoms with Crippen LogP contribution in [0.5, 0.6) is 0 Å². The Hall–Kier alpha value is -3.37. The van der Waals surface area contributed by atoms with E-state index < -0.39 is 5.91 Å². The molecule has 0 aliphatic carbocycles. The van der Waals surface area contributed by atoms with E-state index >= 15 is 0 Å². The molecule has 1 N–H and O–H groups in total. The Labute approximate surface area is 168 Å². The highest BCUT2D eigenvalue weighted by Gasteiger charge is 2.18. The van der Waals surface area contributed by atoms with Crippen LogP contribution in [0.1, 0.15) is 35.9 Å². The maximum absolute atomic E-state index is 12.2. The summed E-state index contributed by atoms with van der Waals surface area (Å²) < 4.78 is 16.2. The number of furan rings is 1. The molecule has 2 aromatic rings. The van der Waals surface area contributed by atoms with Gasteiger partial charge in [-0.1, -0.05) is 12.1 Å². The fourth-order valence-corrected chi connectivity index (χ4v) is 2.97. The van der Waals surface area contributed by atoms with Crippen LogP contribution in [0, 0.1) is 11.3 Å². The Kier molecular flexibility index (Phi) is 6.82. The average molecular weight is 394 g/mol. The first-order valence-electron chi connectivity index (χ1n) is 9.49. The summed E-state index contributed by atoms with van der Waals surface area (Å²) in [5, 5.41) is 12.0. The first-order valence-corrected chi connectivity index (χ1v) is 9.49. The zero-order valence-electron chi connectivity index (χ0n) is 16.1. The van der Waals surface area contributed by atoms with Crippen molar-refractivity contribution < 1.29 is 23.5 Å². The molecule has 2 heterocycles. The quantitative estimate of drug-likeness (QED) is 0.439. The van der Waals surface area contributed by atoms with Gasteiger partial charge in [0.1, 0.15) is 23.2 Å². The number of ether oxygens (including phenoxy) is 2. The highest BCUT2D eigenvalue weighted by molar-refractivity contribution is 6.01. The third kappa shape index (κ3) is 5.33. The van der Waals surface area contributed by atoms with E-state index in [2.05, 4.69) is 5.32 Å². The van der Waals surface area contributed by atoms with Gasteiger partial charge in [-0.25, -0.2) is 4.79 Å². The van der Waals surface area contributed by atoms with E-state index in [9.17, 15) is 14.9 Å². The van der Waals surface area contributed by atoms with Crippen molar-refractivity contribution in [3.63, 3.8) is 0 Å². The van der Waals surface area contributed by atoms with Gasteiger partial charge >= 0.3 is 5.97 Å². The molecular weight excluding hydrogens is 372 g/mol. The number of hydrogen-bond donors (Lipinski definition) is 1. The van der Waals surface area contributed by atoms with Crippen LogP contribution in [0.3, 0.4) is 0 Å². The highest BCUT2D eigenvalue weighted by atomic mass is 16.5. The molecule has 1 unspecified atom stereocenters. The van der Waals surface area contributed by atoms with Crippen molar-refractivity contribution in [3.05, 3.63) is 53.3 Å². The van der Waals surface area contributed by atoms with Gasteiger partial charge in [-0.2, -0.15) is 5.26 Å². The largest absolute Gasteiger partial charge is 0.462 e. The molecule has 1 aromatic carbocycles. The van der Waals surface area contributed by atoms with Gasteiger partial charge in [-0.3, -0.25) is 4.79 Å². The fourth-order valence-electron chi connectivity index (χ4n) is 2.97. The SMILES string of the molecule is CCOC(=O)c1ccc(-c2ccc(C=C(C#N)C(=O)NCC3CCCO3)o2)cc1. The molecule has 1 atom stereocenters. The molecule has 1 aromatic heterocycles. The number of nitrogens with one attached hydrogen (secondary N) is 1. The number of esters is 1. The van der Waals surface area contributed by atoms with Gasteiger partial charge in [-0.05, 0) is 44.0 Å². The molecular formula is C22H22N2O5. The molecule has 0 radical (unpaired) electrons. The minimum atomic E-state index is -0.459. The van der Waals surface area contributed by atoms with Gasteiger partial charge in [-0.15, -0.1) is 0 Å².